The maximum atomic E-state index is 5.64. The van der Waals surface area contributed by atoms with Crippen molar-refractivity contribution in [3.05, 3.63) is 24.4 Å². The molecule has 0 fully saturated rings. The molecule has 0 saturated heterocycles. The molecule has 0 bridgehead atoms. The molecule has 0 aromatic carbocycles. The molecular formula is C11H19N3. The lowest BCUT2D eigenvalue weighted by molar-refractivity contribution is 0.358. The molecule has 3 N–H and O–H groups in total. The second-order valence-electron chi connectivity index (χ2n) is 4.26. The van der Waals surface area contributed by atoms with Crippen LogP contribution in [0, 0.1) is 5.41 Å². The van der Waals surface area contributed by atoms with Crippen LogP contribution in [0.2, 0.25) is 0 Å². The fourth-order valence-electron chi connectivity index (χ4n) is 1.10. The van der Waals surface area contributed by atoms with E-state index in [1.54, 1.807) is 6.20 Å². The summed E-state index contributed by atoms with van der Waals surface area (Å²) in [6, 6.07) is 5.86. The summed E-state index contributed by atoms with van der Waals surface area (Å²) in [7, 11) is 0. The molecule has 0 atom stereocenters. The summed E-state index contributed by atoms with van der Waals surface area (Å²) < 4.78 is 0. The van der Waals surface area contributed by atoms with Gasteiger partial charge in [0.1, 0.15) is 5.82 Å². The molecule has 0 unspecified atom stereocenters. The van der Waals surface area contributed by atoms with Crippen LogP contribution in [0.1, 0.15) is 20.3 Å². The Kier molecular flexibility index (Phi) is 3.89. The van der Waals surface area contributed by atoms with Crippen LogP contribution in [0.25, 0.3) is 0 Å². The van der Waals surface area contributed by atoms with Gasteiger partial charge in [0.05, 0.1) is 0 Å². The summed E-state index contributed by atoms with van der Waals surface area (Å²) >= 11 is 0. The Bertz CT molecular complexity index is 256. The first-order valence-corrected chi connectivity index (χ1v) is 4.99. The molecule has 0 aliphatic heterocycles. The smallest absolute Gasteiger partial charge is 0.125 e. The zero-order valence-electron chi connectivity index (χ0n) is 8.96. The minimum absolute atomic E-state index is 0.210. The number of nitrogens with one attached hydrogen (secondary N) is 1. The number of nitrogens with zero attached hydrogens (tertiary/aromatic N) is 1. The SMILES string of the molecule is CC(C)(CN)CCNc1ccccn1. The first-order valence-electron chi connectivity index (χ1n) is 4.99. The molecule has 1 rings (SSSR count). The number of hydrogen-bond donors (Lipinski definition) is 2. The number of rotatable bonds is 5. The summed E-state index contributed by atoms with van der Waals surface area (Å²) in [6.07, 6.45) is 2.84. The second kappa shape index (κ2) is 4.96. The molecule has 78 valence electrons. The van der Waals surface area contributed by atoms with Gasteiger partial charge in [0, 0.05) is 12.7 Å². The molecule has 0 saturated carbocycles. The molecule has 0 spiro atoms. The van der Waals surface area contributed by atoms with Gasteiger partial charge in [0.25, 0.3) is 0 Å². The predicted molar refractivity (Wildman–Crippen MR) is 60.2 cm³/mol. The van der Waals surface area contributed by atoms with Gasteiger partial charge in [-0.05, 0) is 30.5 Å². The standard InChI is InChI=1S/C11H19N3/c1-11(2,9-12)6-8-14-10-5-3-4-7-13-10/h3-5,7H,6,8-9,12H2,1-2H3,(H,13,14). The molecule has 3 nitrogen and oxygen atoms in total. The maximum Gasteiger partial charge on any atom is 0.125 e. The van der Waals surface area contributed by atoms with Gasteiger partial charge < -0.3 is 11.1 Å². The van der Waals surface area contributed by atoms with Crippen LogP contribution in [0.5, 0.6) is 0 Å². The first kappa shape index (κ1) is 11.0. The number of nitrogens with two attached hydrogens (primary N) is 1. The van der Waals surface area contributed by atoms with E-state index in [-0.39, 0.29) is 5.41 Å². The van der Waals surface area contributed by atoms with E-state index in [1.807, 2.05) is 18.2 Å². The van der Waals surface area contributed by atoms with Crippen LogP contribution in [0.4, 0.5) is 5.82 Å². The Hall–Kier alpha value is -1.09. The number of aromatic nitrogens is 1. The van der Waals surface area contributed by atoms with E-state index in [4.69, 9.17) is 5.73 Å². The van der Waals surface area contributed by atoms with Crippen molar-refractivity contribution < 1.29 is 0 Å². The topological polar surface area (TPSA) is 50.9 Å². The highest BCUT2D eigenvalue weighted by molar-refractivity contribution is 5.32. The van der Waals surface area contributed by atoms with E-state index >= 15 is 0 Å². The number of anilines is 1. The average Bonchev–Trinajstić information content (AvgIpc) is 2.19. The molecule has 0 amide bonds. The van der Waals surface area contributed by atoms with Gasteiger partial charge in [0.15, 0.2) is 0 Å². The van der Waals surface area contributed by atoms with Gasteiger partial charge in [-0.1, -0.05) is 19.9 Å². The van der Waals surface area contributed by atoms with Gasteiger partial charge in [-0.3, -0.25) is 0 Å². The summed E-state index contributed by atoms with van der Waals surface area (Å²) in [4.78, 5) is 4.18. The molecule has 1 aromatic rings. The van der Waals surface area contributed by atoms with Crippen molar-refractivity contribution in [3.63, 3.8) is 0 Å². The highest BCUT2D eigenvalue weighted by Crippen LogP contribution is 2.17. The van der Waals surface area contributed by atoms with E-state index in [1.165, 1.54) is 0 Å². The lowest BCUT2D eigenvalue weighted by Gasteiger charge is -2.22. The van der Waals surface area contributed by atoms with Crippen LogP contribution in [-0.4, -0.2) is 18.1 Å². The zero-order valence-corrected chi connectivity index (χ0v) is 8.96. The van der Waals surface area contributed by atoms with Crippen LogP contribution < -0.4 is 11.1 Å². The summed E-state index contributed by atoms with van der Waals surface area (Å²) in [6.45, 7) is 5.98. The van der Waals surface area contributed by atoms with Crippen molar-refractivity contribution in [2.75, 3.05) is 18.4 Å². The largest absolute Gasteiger partial charge is 0.370 e. The lowest BCUT2D eigenvalue weighted by atomic mass is 9.90. The van der Waals surface area contributed by atoms with Gasteiger partial charge in [-0.15, -0.1) is 0 Å². The van der Waals surface area contributed by atoms with Crippen molar-refractivity contribution in [2.45, 2.75) is 20.3 Å². The Labute approximate surface area is 85.7 Å². The molecule has 0 aliphatic rings. The zero-order chi connectivity index (χ0) is 10.4. The number of pyridine rings is 1. The van der Waals surface area contributed by atoms with Crippen molar-refractivity contribution in [1.29, 1.82) is 0 Å². The molecule has 14 heavy (non-hydrogen) atoms. The third-order valence-electron chi connectivity index (χ3n) is 2.33. The monoisotopic (exact) mass is 193 g/mol. The Morgan fingerprint density at radius 3 is 2.79 bits per heavy atom. The maximum absolute atomic E-state index is 5.64. The minimum Gasteiger partial charge on any atom is -0.370 e. The summed E-state index contributed by atoms with van der Waals surface area (Å²) in [5.74, 6) is 0.931. The van der Waals surface area contributed by atoms with E-state index < -0.39 is 0 Å². The van der Waals surface area contributed by atoms with Crippen LogP contribution >= 0.6 is 0 Å². The molecule has 0 aliphatic carbocycles. The molecule has 1 aromatic heterocycles. The van der Waals surface area contributed by atoms with Crippen molar-refractivity contribution >= 4 is 5.82 Å². The third-order valence-corrected chi connectivity index (χ3v) is 2.33. The highest BCUT2D eigenvalue weighted by atomic mass is 15.0. The molecular weight excluding hydrogens is 174 g/mol. The van der Waals surface area contributed by atoms with Crippen molar-refractivity contribution in [2.24, 2.45) is 11.1 Å². The Morgan fingerprint density at radius 1 is 1.43 bits per heavy atom. The van der Waals surface area contributed by atoms with Crippen molar-refractivity contribution in [1.82, 2.24) is 4.98 Å². The quantitative estimate of drug-likeness (QED) is 0.750. The third kappa shape index (κ3) is 3.75. The van der Waals surface area contributed by atoms with Crippen molar-refractivity contribution in [3.8, 4) is 0 Å². The fourth-order valence-corrected chi connectivity index (χ4v) is 1.10. The van der Waals surface area contributed by atoms with E-state index in [2.05, 4.69) is 24.1 Å². The lowest BCUT2D eigenvalue weighted by Crippen LogP contribution is -2.26. The van der Waals surface area contributed by atoms with Gasteiger partial charge >= 0.3 is 0 Å². The average molecular weight is 193 g/mol. The number of hydrogen-bond acceptors (Lipinski definition) is 3. The van der Waals surface area contributed by atoms with Crippen LogP contribution in [0.15, 0.2) is 24.4 Å². The van der Waals surface area contributed by atoms with Crippen LogP contribution in [-0.2, 0) is 0 Å². The Morgan fingerprint density at radius 2 is 2.21 bits per heavy atom. The molecule has 0 radical (unpaired) electrons. The Balaban J connectivity index is 2.29. The summed E-state index contributed by atoms with van der Waals surface area (Å²) in [5, 5.41) is 3.27. The van der Waals surface area contributed by atoms with E-state index in [0.29, 0.717) is 0 Å². The normalized spacial score (nSPS) is 11.4. The van der Waals surface area contributed by atoms with Crippen LogP contribution in [0.3, 0.4) is 0 Å². The summed E-state index contributed by atoms with van der Waals surface area (Å²) in [5.41, 5.74) is 5.85. The molecule has 3 heteroatoms. The van der Waals surface area contributed by atoms with E-state index in [9.17, 15) is 0 Å². The highest BCUT2D eigenvalue weighted by Gasteiger charge is 2.14. The van der Waals surface area contributed by atoms with Gasteiger partial charge in [0.2, 0.25) is 0 Å². The van der Waals surface area contributed by atoms with Gasteiger partial charge in [-0.2, -0.15) is 0 Å². The predicted octanol–water partition coefficient (Wildman–Crippen LogP) is 1.87. The van der Waals surface area contributed by atoms with Gasteiger partial charge in [-0.25, -0.2) is 4.98 Å². The minimum atomic E-state index is 0.210. The second-order valence-corrected chi connectivity index (χ2v) is 4.26. The fraction of sp³-hybridized carbons (Fsp3) is 0.545. The van der Waals surface area contributed by atoms with E-state index in [0.717, 1.165) is 25.3 Å². The molecule has 1 heterocycles. The first-order chi connectivity index (χ1) is 6.64.